The quantitative estimate of drug-likeness (QED) is 0.341. The lowest BCUT2D eigenvalue weighted by Crippen LogP contribution is -2.48. The number of methoxy groups -OCH3 is 1. The molecule has 0 fully saturated rings. The van der Waals surface area contributed by atoms with Crippen LogP contribution in [0.15, 0.2) is 76.5 Å². The second kappa shape index (κ2) is 13.5. The minimum atomic E-state index is -4.07. The van der Waals surface area contributed by atoms with Crippen LogP contribution in [0.3, 0.4) is 0 Å². The first-order valence-electron chi connectivity index (χ1n) is 13.8. The number of nitrogens with one attached hydrogen (secondary N) is 1. The molecule has 4 rings (SSSR count). The van der Waals surface area contributed by atoms with Gasteiger partial charge in [-0.2, -0.15) is 4.31 Å². The Morgan fingerprint density at radius 2 is 1.70 bits per heavy atom. The maximum absolute atomic E-state index is 13.5. The molecule has 2 N–H and O–H groups in total. The van der Waals surface area contributed by atoms with Crippen LogP contribution in [0.25, 0.3) is 0 Å². The molecule has 238 valence electrons. The Bertz CT molecular complexity index is 1680. The fraction of sp³-hybridized carbons (Fsp3) is 0.367. The molecule has 3 aromatic rings. The number of sulfonamides is 2. The Labute approximate surface area is 257 Å². The molecule has 0 saturated carbocycles. The summed E-state index contributed by atoms with van der Waals surface area (Å²) in [5.41, 5.74) is 0.512. The van der Waals surface area contributed by atoms with Gasteiger partial charge in [0.15, 0.2) is 0 Å². The lowest BCUT2D eigenvalue weighted by Gasteiger charge is -2.33. The molecule has 44 heavy (non-hydrogen) atoms. The van der Waals surface area contributed by atoms with Crippen molar-refractivity contribution >= 4 is 31.6 Å². The maximum atomic E-state index is 13.5. The summed E-state index contributed by atoms with van der Waals surface area (Å²) in [4.78, 5) is 14.9. The molecular weight excluding hydrogens is 613 g/mol. The number of likely N-dealkylation sites (N-methyl/N-ethyl adjacent to an activating group) is 1. The highest BCUT2D eigenvalue weighted by Gasteiger charge is 2.33. The number of aliphatic hydroxyl groups excluding tert-OH is 1. The van der Waals surface area contributed by atoms with E-state index in [2.05, 4.69) is 4.72 Å². The number of aliphatic hydroxyl groups is 1. The highest BCUT2D eigenvalue weighted by atomic mass is 32.2. The average Bonchev–Trinajstić information content (AvgIpc) is 3.04. The highest BCUT2D eigenvalue weighted by Crippen LogP contribution is 2.31. The predicted octanol–water partition coefficient (Wildman–Crippen LogP) is 3.10. The van der Waals surface area contributed by atoms with E-state index in [0.29, 0.717) is 11.3 Å². The third-order valence-corrected chi connectivity index (χ3v) is 10.7. The summed E-state index contributed by atoms with van der Waals surface area (Å²) in [5, 5.41) is 9.88. The van der Waals surface area contributed by atoms with Crippen LogP contribution < -0.4 is 14.2 Å². The lowest BCUT2D eigenvalue weighted by molar-refractivity contribution is -0.134. The number of hydrogen-bond acceptors (Lipinski definition) is 8. The van der Waals surface area contributed by atoms with Crippen molar-refractivity contribution in [2.24, 2.45) is 5.92 Å². The molecule has 0 spiro atoms. The van der Waals surface area contributed by atoms with Gasteiger partial charge in [-0.15, -0.1) is 0 Å². The van der Waals surface area contributed by atoms with Crippen LogP contribution in [0.5, 0.6) is 11.5 Å². The second-order valence-electron chi connectivity index (χ2n) is 10.7. The van der Waals surface area contributed by atoms with Gasteiger partial charge in [-0.25, -0.2) is 21.2 Å². The number of rotatable bonds is 10. The Hall–Kier alpha value is -3.72. The molecule has 0 bridgehead atoms. The summed E-state index contributed by atoms with van der Waals surface area (Å²) in [5.74, 6) is -0.470. The van der Waals surface area contributed by atoms with Gasteiger partial charge in [-0.1, -0.05) is 6.92 Å². The third kappa shape index (κ3) is 7.49. The van der Waals surface area contributed by atoms with Crippen molar-refractivity contribution in [1.29, 1.82) is 0 Å². The van der Waals surface area contributed by atoms with Gasteiger partial charge < -0.3 is 19.5 Å². The molecule has 0 radical (unpaired) electrons. The number of carbonyl (C=O) groups excluding carboxylic acids is 1. The number of benzene rings is 3. The van der Waals surface area contributed by atoms with E-state index >= 15 is 0 Å². The molecule has 0 aromatic heterocycles. The fourth-order valence-corrected chi connectivity index (χ4v) is 7.05. The van der Waals surface area contributed by atoms with Crippen LogP contribution in [0.2, 0.25) is 0 Å². The van der Waals surface area contributed by atoms with Gasteiger partial charge in [0.25, 0.3) is 10.0 Å². The van der Waals surface area contributed by atoms with Crippen LogP contribution in [0.4, 0.5) is 10.1 Å². The standard InChI is InChI=1S/C30H36FN3O8S2/c1-20-17-34(21(2)19-35)30(36)16-22-15-24(32-43(37,38)26-10-5-23(31)6-11-26)7-14-28(22)42-29(20)18-33(3)44(39,40)27-12-8-25(41-4)9-13-27/h5-15,20-21,29,32,35H,16-19H2,1-4H3/t20-,21+,29+/m1/s1. The smallest absolute Gasteiger partial charge is 0.261 e. The number of hydrogen-bond donors (Lipinski definition) is 2. The third-order valence-electron chi connectivity index (χ3n) is 7.50. The number of ether oxygens (including phenoxy) is 2. The van der Waals surface area contributed by atoms with Gasteiger partial charge in [0.2, 0.25) is 15.9 Å². The van der Waals surface area contributed by atoms with Crippen LogP contribution in [0.1, 0.15) is 19.4 Å². The van der Waals surface area contributed by atoms with Crippen LogP contribution in [-0.4, -0.2) is 83.1 Å². The summed E-state index contributed by atoms with van der Waals surface area (Å²) < 4.78 is 81.1. The highest BCUT2D eigenvalue weighted by molar-refractivity contribution is 7.92. The van der Waals surface area contributed by atoms with Crippen molar-refractivity contribution in [3.8, 4) is 11.5 Å². The van der Waals surface area contributed by atoms with Crippen molar-refractivity contribution in [1.82, 2.24) is 9.21 Å². The molecule has 1 aliphatic heterocycles. The van der Waals surface area contributed by atoms with E-state index in [-0.39, 0.29) is 59.2 Å². The van der Waals surface area contributed by atoms with Crippen LogP contribution in [-0.2, 0) is 31.3 Å². The number of anilines is 1. The molecule has 0 unspecified atom stereocenters. The SMILES string of the molecule is COc1ccc(S(=O)(=O)N(C)C[C@@H]2Oc3ccc(NS(=O)(=O)c4ccc(F)cc4)cc3CC(=O)N([C@@H](C)CO)C[C@H]2C)cc1. The molecule has 0 aliphatic carbocycles. The molecule has 1 heterocycles. The largest absolute Gasteiger partial charge is 0.497 e. The predicted molar refractivity (Wildman–Crippen MR) is 162 cm³/mol. The zero-order chi connectivity index (χ0) is 32.2. The van der Waals surface area contributed by atoms with E-state index < -0.39 is 38.0 Å². The normalized spacial score (nSPS) is 18.4. The van der Waals surface area contributed by atoms with E-state index in [1.54, 1.807) is 19.1 Å². The van der Waals surface area contributed by atoms with Crippen molar-refractivity contribution in [3.63, 3.8) is 0 Å². The minimum Gasteiger partial charge on any atom is -0.497 e. The lowest BCUT2D eigenvalue weighted by atomic mass is 10.0. The monoisotopic (exact) mass is 649 g/mol. The van der Waals surface area contributed by atoms with Crippen LogP contribution in [0, 0.1) is 11.7 Å². The van der Waals surface area contributed by atoms with Gasteiger partial charge in [0.1, 0.15) is 23.4 Å². The Morgan fingerprint density at radius 3 is 2.32 bits per heavy atom. The Morgan fingerprint density at radius 1 is 1.07 bits per heavy atom. The molecule has 0 saturated heterocycles. The molecule has 1 amide bonds. The Balaban J connectivity index is 1.67. The molecule has 1 aliphatic rings. The fourth-order valence-electron chi connectivity index (χ4n) is 4.82. The summed E-state index contributed by atoms with van der Waals surface area (Å²) in [6.07, 6.45) is -0.890. The minimum absolute atomic E-state index is 0.0660. The number of halogens is 1. The topological polar surface area (TPSA) is 143 Å². The first-order chi connectivity index (χ1) is 20.7. The first-order valence-corrected chi connectivity index (χ1v) is 16.8. The van der Waals surface area contributed by atoms with E-state index in [0.717, 1.165) is 24.3 Å². The number of nitrogens with zero attached hydrogens (tertiary/aromatic N) is 2. The first kappa shape index (κ1) is 33.2. The van der Waals surface area contributed by atoms with Crippen molar-refractivity contribution in [2.45, 2.75) is 42.2 Å². The molecule has 3 aromatic carbocycles. The van der Waals surface area contributed by atoms with Crippen LogP contribution >= 0.6 is 0 Å². The summed E-state index contributed by atoms with van der Waals surface area (Å²) in [6.45, 7) is 3.36. The Kier molecular flexibility index (Phi) is 10.2. The zero-order valence-electron chi connectivity index (χ0n) is 24.8. The summed E-state index contributed by atoms with van der Waals surface area (Å²) >= 11 is 0. The van der Waals surface area contributed by atoms with Gasteiger partial charge in [-0.05, 0) is 73.7 Å². The maximum Gasteiger partial charge on any atom is 0.261 e. The van der Waals surface area contributed by atoms with E-state index in [9.17, 15) is 31.1 Å². The number of carbonyl (C=O) groups is 1. The summed E-state index contributed by atoms with van der Waals surface area (Å²) in [6, 6.07) is 14.3. The van der Waals surface area contributed by atoms with Gasteiger partial charge in [0, 0.05) is 30.8 Å². The number of fused-ring (bicyclic) bond motifs is 1. The van der Waals surface area contributed by atoms with Gasteiger partial charge in [-0.3, -0.25) is 9.52 Å². The van der Waals surface area contributed by atoms with E-state index in [4.69, 9.17) is 9.47 Å². The van der Waals surface area contributed by atoms with Crippen molar-refractivity contribution in [2.75, 3.05) is 38.6 Å². The van der Waals surface area contributed by atoms with Gasteiger partial charge in [0.05, 0.1) is 42.5 Å². The van der Waals surface area contributed by atoms with E-state index in [1.165, 1.54) is 53.7 Å². The molecule has 14 heteroatoms. The molecule has 11 nitrogen and oxygen atoms in total. The van der Waals surface area contributed by atoms with Crippen molar-refractivity contribution < 1.29 is 40.6 Å². The van der Waals surface area contributed by atoms with Crippen molar-refractivity contribution in [3.05, 3.63) is 78.1 Å². The van der Waals surface area contributed by atoms with E-state index in [1.807, 2.05) is 6.92 Å². The molecular formula is C30H36FN3O8S2. The zero-order valence-corrected chi connectivity index (χ0v) is 26.4. The average molecular weight is 650 g/mol. The van der Waals surface area contributed by atoms with Gasteiger partial charge >= 0.3 is 0 Å². The summed E-state index contributed by atoms with van der Waals surface area (Å²) in [7, 11) is -5.07. The molecule has 3 atom stereocenters. The second-order valence-corrected chi connectivity index (χ2v) is 14.5. The number of amides is 1.